The minimum Gasteiger partial charge on any atom is -0.368 e. The largest absolute Gasteiger partial charge is 0.368 e. The number of halogens is 1. The van der Waals surface area contributed by atoms with Crippen molar-refractivity contribution in [1.29, 1.82) is 0 Å². The molecule has 3 heterocycles. The highest BCUT2D eigenvalue weighted by atomic mass is 35.5. The lowest BCUT2D eigenvalue weighted by Crippen LogP contribution is -2.28. The van der Waals surface area contributed by atoms with Gasteiger partial charge >= 0.3 is 0 Å². The molecule has 2 N–H and O–H groups in total. The van der Waals surface area contributed by atoms with E-state index >= 15 is 0 Å². The Kier molecular flexibility index (Phi) is 3.51. The van der Waals surface area contributed by atoms with Crippen LogP contribution in [0.15, 0.2) is 36.8 Å². The van der Waals surface area contributed by atoms with Crippen LogP contribution in [0.4, 0.5) is 5.82 Å². The first-order valence-electron chi connectivity index (χ1n) is 6.71. The number of nitrogens with zero attached hydrogens (tertiary/aromatic N) is 3. The molecule has 0 saturated carbocycles. The molecule has 0 saturated heterocycles. The summed E-state index contributed by atoms with van der Waals surface area (Å²) in [7, 11) is 0. The second-order valence-electron chi connectivity index (χ2n) is 5.55. The lowest BCUT2D eigenvalue weighted by atomic mass is 9.85. The van der Waals surface area contributed by atoms with E-state index < -0.39 is 0 Å². The van der Waals surface area contributed by atoms with Crippen molar-refractivity contribution in [3.63, 3.8) is 0 Å². The summed E-state index contributed by atoms with van der Waals surface area (Å²) in [6.45, 7) is 5.07. The predicted octanol–water partition coefficient (Wildman–Crippen LogP) is 3.40. The van der Waals surface area contributed by atoms with Gasteiger partial charge in [0.25, 0.3) is 0 Å². The first-order valence-corrected chi connectivity index (χ1v) is 7.09. The Morgan fingerprint density at radius 3 is 2.71 bits per heavy atom. The van der Waals surface area contributed by atoms with Crippen LogP contribution in [0.3, 0.4) is 0 Å². The summed E-state index contributed by atoms with van der Waals surface area (Å²) < 4.78 is 0. The Hall–Kier alpha value is -2.14. The van der Waals surface area contributed by atoms with Crippen molar-refractivity contribution in [3.05, 3.63) is 47.6 Å². The van der Waals surface area contributed by atoms with Gasteiger partial charge in [-0.3, -0.25) is 4.98 Å². The number of H-pyrrole nitrogens is 1. The number of hydrogen-bond donors (Lipinski definition) is 2. The van der Waals surface area contributed by atoms with Gasteiger partial charge in [0.15, 0.2) is 0 Å². The summed E-state index contributed by atoms with van der Waals surface area (Å²) in [4.78, 5) is 15.5. The Morgan fingerprint density at radius 2 is 1.95 bits per heavy atom. The highest BCUT2D eigenvalue weighted by Crippen LogP contribution is 2.25. The van der Waals surface area contributed by atoms with Crippen LogP contribution in [-0.4, -0.2) is 26.5 Å². The Balaban J connectivity index is 1.85. The van der Waals surface area contributed by atoms with Crippen LogP contribution in [0.2, 0.25) is 5.28 Å². The molecule has 0 atom stereocenters. The molecule has 0 radical (unpaired) electrons. The lowest BCUT2D eigenvalue weighted by molar-refractivity contribution is 0.555. The summed E-state index contributed by atoms with van der Waals surface area (Å²) >= 11 is 5.96. The zero-order valence-corrected chi connectivity index (χ0v) is 12.6. The van der Waals surface area contributed by atoms with Gasteiger partial charge in [-0.05, 0) is 35.4 Å². The number of aromatic amines is 1. The molecule has 0 aliphatic carbocycles. The molecular formula is C15H16ClN5. The first-order chi connectivity index (χ1) is 10.1. The fourth-order valence-corrected chi connectivity index (χ4v) is 2.43. The summed E-state index contributed by atoms with van der Waals surface area (Å²) in [6, 6.07) is 5.99. The molecule has 21 heavy (non-hydrogen) atoms. The van der Waals surface area contributed by atoms with Crippen LogP contribution < -0.4 is 5.32 Å². The van der Waals surface area contributed by atoms with Crippen LogP contribution in [0.5, 0.6) is 0 Å². The molecule has 3 rings (SSSR count). The number of fused-ring (bicyclic) bond motifs is 1. The van der Waals surface area contributed by atoms with E-state index in [1.807, 2.05) is 36.8 Å². The fraction of sp³-hybridized carbons (Fsp3) is 0.267. The molecule has 0 bridgehead atoms. The fourth-order valence-electron chi connectivity index (χ4n) is 2.26. The van der Waals surface area contributed by atoms with Gasteiger partial charge in [-0.15, -0.1) is 0 Å². The third-order valence-electron chi connectivity index (χ3n) is 3.55. The quantitative estimate of drug-likeness (QED) is 0.725. The van der Waals surface area contributed by atoms with E-state index in [0.29, 0.717) is 0 Å². The van der Waals surface area contributed by atoms with Crippen molar-refractivity contribution < 1.29 is 0 Å². The summed E-state index contributed by atoms with van der Waals surface area (Å²) in [5, 5.41) is 4.54. The maximum Gasteiger partial charge on any atom is 0.226 e. The molecule has 0 fully saturated rings. The minimum absolute atomic E-state index is 0.0526. The predicted molar refractivity (Wildman–Crippen MR) is 84.7 cm³/mol. The van der Waals surface area contributed by atoms with Gasteiger partial charge < -0.3 is 10.3 Å². The highest BCUT2D eigenvalue weighted by Gasteiger charge is 2.21. The lowest BCUT2D eigenvalue weighted by Gasteiger charge is -2.25. The Bertz CT molecular complexity index is 751. The van der Waals surface area contributed by atoms with E-state index in [2.05, 4.69) is 39.1 Å². The number of pyridine rings is 1. The zero-order chi connectivity index (χ0) is 14.9. The van der Waals surface area contributed by atoms with E-state index in [4.69, 9.17) is 11.6 Å². The van der Waals surface area contributed by atoms with Crippen molar-refractivity contribution in [2.24, 2.45) is 0 Å². The van der Waals surface area contributed by atoms with Gasteiger partial charge in [0.05, 0.1) is 5.39 Å². The highest BCUT2D eigenvalue weighted by molar-refractivity contribution is 6.28. The van der Waals surface area contributed by atoms with Crippen LogP contribution >= 0.6 is 11.6 Å². The SMILES string of the molecule is CC(C)(CNc1nc(Cl)nc2[nH]ccc12)c1ccncc1. The molecule has 0 amide bonds. The maximum absolute atomic E-state index is 5.96. The molecule has 0 unspecified atom stereocenters. The minimum atomic E-state index is -0.0526. The van der Waals surface area contributed by atoms with Crippen molar-refractivity contribution in [3.8, 4) is 0 Å². The average Bonchev–Trinajstić information content (AvgIpc) is 2.94. The number of hydrogen-bond acceptors (Lipinski definition) is 4. The number of rotatable bonds is 4. The van der Waals surface area contributed by atoms with Crippen molar-refractivity contribution in [2.45, 2.75) is 19.3 Å². The third kappa shape index (κ3) is 2.83. The normalized spacial score (nSPS) is 11.8. The smallest absolute Gasteiger partial charge is 0.226 e. The second kappa shape index (κ2) is 5.33. The number of aromatic nitrogens is 4. The molecule has 0 spiro atoms. The van der Waals surface area contributed by atoms with Crippen molar-refractivity contribution in [2.75, 3.05) is 11.9 Å². The number of anilines is 1. The van der Waals surface area contributed by atoms with Crippen molar-refractivity contribution in [1.82, 2.24) is 19.9 Å². The standard InChI is InChI=1S/C15H16ClN5/c1-15(2,10-3-6-17-7-4-10)9-19-13-11-5-8-18-12(11)20-14(16)21-13/h3-8H,9H2,1-2H3,(H2,18,19,20,21). The molecular weight excluding hydrogens is 286 g/mol. The molecule has 0 aliphatic heterocycles. The molecule has 5 nitrogen and oxygen atoms in total. The van der Waals surface area contributed by atoms with Crippen LogP contribution in [0.1, 0.15) is 19.4 Å². The molecule has 0 aromatic carbocycles. The van der Waals surface area contributed by atoms with Gasteiger partial charge in [0.2, 0.25) is 5.28 Å². The van der Waals surface area contributed by atoms with Gasteiger partial charge in [0.1, 0.15) is 11.5 Å². The van der Waals surface area contributed by atoms with E-state index in [0.717, 1.165) is 23.4 Å². The summed E-state index contributed by atoms with van der Waals surface area (Å²) in [5.41, 5.74) is 1.90. The van der Waals surface area contributed by atoms with Crippen LogP contribution in [-0.2, 0) is 5.41 Å². The average molecular weight is 302 g/mol. The summed E-state index contributed by atoms with van der Waals surface area (Å²) in [6.07, 6.45) is 5.45. The maximum atomic E-state index is 5.96. The van der Waals surface area contributed by atoms with E-state index in [1.54, 1.807) is 0 Å². The topological polar surface area (TPSA) is 66.5 Å². The second-order valence-corrected chi connectivity index (χ2v) is 5.89. The first kappa shape index (κ1) is 13.8. The summed E-state index contributed by atoms with van der Waals surface area (Å²) in [5.74, 6) is 0.744. The molecule has 0 aliphatic rings. The van der Waals surface area contributed by atoms with Crippen LogP contribution in [0, 0.1) is 0 Å². The number of nitrogens with one attached hydrogen (secondary N) is 2. The third-order valence-corrected chi connectivity index (χ3v) is 3.72. The Labute approximate surface area is 127 Å². The van der Waals surface area contributed by atoms with E-state index in [-0.39, 0.29) is 10.7 Å². The molecule has 3 aromatic heterocycles. The van der Waals surface area contributed by atoms with E-state index in [9.17, 15) is 0 Å². The van der Waals surface area contributed by atoms with E-state index in [1.165, 1.54) is 5.56 Å². The van der Waals surface area contributed by atoms with Gasteiger partial charge in [0, 0.05) is 30.6 Å². The molecule has 6 heteroatoms. The zero-order valence-electron chi connectivity index (χ0n) is 11.9. The molecule has 3 aromatic rings. The Morgan fingerprint density at radius 1 is 1.19 bits per heavy atom. The monoisotopic (exact) mass is 301 g/mol. The van der Waals surface area contributed by atoms with Crippen LogP contribution in [0.25, 0.3) is 11.0 Å². The van der Waals surface area contributed by atoms with Gasteiger partial charge in [-0.25, -0.2) is 4.98 Å². The molecule has 108 valence electrons. The van der Waals surface area contributed by atoms with Gasteiger partial charge in [-0.1, -0.05) is 13.8 Å². The van der Waals surface area contributed by atoms with Gasteiger partial charge in [-0.2, -0.15) is 4.98 Å². The van der Waals surface area contributed by atoms with Crippen molar-refractivity contribution >= 4 is 28.5 Å².